The van der Waals surface area contributed by atoms with E-state index in [1.807, 2.05) is 0 Å². The van der Waals surface area contributed by atoms with E-state index >= 15 is 0 Å². The van der Waals surface area contributed by atoms with E-state index in [9.17, 15) is 0 Å². The van der Waals surface area contributed by atoms with Crippen LogP contribution in [0.15, 0.2) is 17.4 Å². The second-order valence-electron chi connectivity index (χ2n) is 4.29. The molecule has 3 aromatic heterocycles. The highest BCUT2D eigenvalue weighted by atomic mass is 35.5. The Labute approximate surface area is 134 Å². The van der Waals surface area contributed by atoms with Gasteiger partial charge in [-0.2, -0.15) is 0 Å². The summed E-state index contributed by atoms with van der Waals surface area (Å²) in [6, 6.07) is 1.64. The van der Waals surface area contributed by atoms with Crippen molar-refractivity contribution in [2.24, 2.45) is 0 Å². The molecule has 0 atom stereocenters. The maximum absolute atomic E-state index is 6.09. The maximum Gasteiger partial charge on any atom is 0.196 e. The first kappa shape index (κ1) is 14.6. The SMILES string of the molecule is CCCn1nnnc1CSc1nnc2c(Cl)cc(Cl)cn12. The van der Waals surface area contributed by atoms with Crippen molar-refractivity contribution in [1.29, 1.82) is 0 Å². The highest BCUT2D eigenvalue weighted by Crippen LogP contribution is 2.26. The van der Waals surface area contributed by atoms with Crippen LogP contribution in [0.2, 0.25) is 10.0 Å². The largest absolute Gasteiger partial charge is 0.275 e. The van der Waals surface area contributed by atoms with Gasteiger partial charge in [-0.1, -0.05) is 41.9 Å². The van der Waals surface area contributed by atoms with Gasteiger partial charge in [-0.05, 0) is 22.9 Å². The topological polar surface area (TPSA) is 73.8 Å². The Morgan fingerprint density at radius 3 is 2.90 bits per heavy atom. The van der Waals surface area contributed by atoms with Crippen molar-refractivity contribution in [3.8, 4) is 0 Å². The van der Waals surface area contributed by atoms with Gasteiger partial charge in [-0.25, -0.2) is 4.68 Å². The number of nitrogens with zero attached hydrogens (tertiary/aromatic N) is 7. The van der Waals surface area contributed by atoms with E-state index in [4.69, 9.17) is 23.2 Å². The fourth-order valence-electron chi connectivity index (χ4n) is 1.84. The van der Waals surface area contributed by atoms with Crippen molar-refractivity contribution in [1.82, 2.24) is 34.8 Å². The highest BCUT2D eigenvalue weighted by molar-refractivity contribution is 7.98. The van der Waals surface area contributed by atoms with Crippen LogP contribution in [-0.2, 0) is 12.3 Å². The van der Waals surface area contributed by atoms with Gasteiger partial charge in [0, 0.05) is 12.7 Å². The van der Waals surface area contributed by atoms with Crippen LogP contribution in [-0.4, -0.2) is 34.8 Å². The van der Waals surface area contributed by atoms with Crippen LogP contribution < -0.4 is 0 Å². The summed E-state index contributed by atoms with van der Waals surface area (Å²) >= 11 is 13.6. The highest BCUT2D eigenvalue weighted by Gasteiger charge is 2.12. The zero-order chi connectivity index (χ0) is 14.8. The van der Waals surface area contributed by atoms with Crippen LogP contribution >= 0.6 is 35.0 Å². The van der Waals surface area contributed by atoms with Crippen molar-refractivity contribution in [2.45, 2.75) is 30.8 Å². The Bertz CT molecular complexity index is 769. The van der Waals surface area contributed by atoms with Crippen LogP contribution in [0, 0.1) is 0 Å². The van der Waals surface area contributed by atoms with Crippen LogP contribution in [0.1, 0.15) is 19.2 Å². The van der Waals surface area contributed by atoms with Gasteiger partial charge in [-0.3, -0.25) is 4.40 Å². The molecule has 0 aliphatic heterocycles. The Hall–Kier alpha value is -1.38. The molecular weight excluding hydrogens is 333 g/mol. The summed E-state index contributed by atoms with van der Waals surface area (Å²) in [6.45, 7) is 2.87. The minimum absolute atomic E-state index is 0.470. The van der Waals surface area contributed by atoms with E-state index in [2.05, 4.69) is 32.6 Å². The van der Waals surface area contributed by atoms with Gasteiger partial charge in [0.25, 0.3) is 0 Å². The molecule has 0 N–H and O–H groups in total. The van der Waals surface area contributed by atoms with Gasteiger partial charge in [-0.15, -0.1) is 15.3 Å². The Kier molecular flexibility index (Phi) is 4.27. The summed E-state index contributed by atoms with van der Waals surface area (Å²) in [6.07, 6.45) is 2.71. The molecule has 3 aromatic rings. The normalized spacial score (nSPS) is 11.4. The fraction of sp³-hybridized carbons (Fsp3) is 0.364. The summed E-state index contributed by atoms with van der Waals surface area (Å²) in [5, 5.41) is 21.6. The third-order valence-electron chi connectivity index (χ3n) is 2.77. The molecule has 0 spiro atoms. The zero-order valence-corrected chi connectivity index (χ0v) is 13.4. The molecular formula is C11H11Cl2N7S. The number of pyridine rings is 1. The molecule has 0 aliphatic rings. The Balaban J connectivity index is 1.84. The van der Waals surface area contributed by atoms with E-state index in [1.54, 1.807) is 21.3 Å². The maximum atomic E-state index is 6.09. The molecule has 0 fully saturated rings. The molecule has 0 saturated carbocycles. The molecule has 0 unspecified atom stereocenters. The molecule has 0 radical (unpaired) electrons. The number of hydrogen-bond donors (Lipinski definition) is 0. The second kappa shape index (κ2) is 6.17. The molecule has 3 rings (SSSR count). The summed E-state index contributed by atoms with van der Waals surface area (Å²) in [5.41, 5.74) is 0.580. The number of halogens is 2. The van der Waals surface area contributed by atoms with Crippen molar-refractivity contribution in [3.05, 3.63) is 28.1 Å². The Morgan fingerprint density at radius 2 is 2.10 bits per heavy atom. The quantitative estimate of drug-likeness (QED) is 0.663. The van der Waals surface area contributed by atoms with E-state index < -0.39 is 0 Å². The Morgan fingerprint density at radius 1 is 1.24 bits per heavy atom. The van der Waals surface area contributed by atoms with Gasteiger partial charge >= 0.3 is 0 Å². The number of tetrazole rings is 1. The molecule has 110 valence electrons. The second-order valence-corrected chi connectivity index (χ2v) is 6.08. The summed E-state index contributed by atoms with van der Waals surface area (Å²) in [4.78, 5) is 0. The standard InChI is InChI=1S/C11H11Cl2N7S/c1-2-3-20-9(14-17-18-20)6-21-11-16-15-10-8(13)4-7(12)5-19(10)11/h4-5H,2-3,6H2,1H3. The molecule has 0 amide bonds. The minimum Gasteiger partial charge on any atom is -0.275 e. The molecule has 0 aliphatic carbocycles. The number of aryl methyl sites for hydroxylation is 1. The monoisotopic (exact) mass is 343 g/mol. The minimum atomic E-state index is 0.470. The van der Waals surface area contributed by atoms with E-state index in [0.29, 0.717) is 26.6 Å². The van der Waals surface area contributed by atoms with Crippen molar-refractivity contribution >= 4 is 40.6 Å². The summed E-state index contributed by atoms with van der Waals surface area (Å²) in [7, 11) is 0. The van der Waals surface area contributed by atoms with Crippen LogP contribution in [0.5, 0.6) is 0 Å². The first-order valence-electron chi connectivity index (χ1n) is 6.26. The number of rotatable bonds is 5. The molecule has 0 aromatic carbocycles. The van der Waals surface area contributed by atoms with Crippen molar-refractivity contribution in [2.75, 3.05) is 0 Å². The predicted octanol–water partition coefficient (Wildman–Crippen LogP) is 2.72. The van der Waals surface area contributed by atoms with E-state index in [1.165, 1.54) is 11.8 Å². The third kappa shape index (κ3) is 2.97. The zero-order valence-electron chi connectivity index (χ0n) is 11.1. The molecule has 0 bridgehead atoms. The van der Waals surface area contributed by atoms with Gasteiger partial charge in [0.2, 0.25) is 0 Å². The molecule has 7 nitrogen and oxygen atoms in total. The molecule has 3 heterocycles. The number of aromatic nitrogens is 7. The smallest absolute Gasteiger partial charge is 0.196 e. The van der Waals surface area contributed by atoms with E-state index in [0.717, 1.165) is 18.8 Å². The average Bonchev–Trinajstić information content (AvgIpc) is 3.04. The lowest BCUT2D eigenvalue weighted by Gasteiger charge is -2.02. The van der Waals surface area contributed by atoms with Gasteiger partial charge in [0.15, 0.2) is 16.6 Å². The number of fused-ring (bicyclic) bond motifs is 1. The number of hydrogen-bond acceptors (Lipinski definition) is 6. The van der Waals surface area contributed by atoms with Crippen LogP contribution in [0.4, 0.5) is 0 Å². The molecule has 21 heavy (non-hydrogen) atoms. The first-order chi connectivity index (χ1) is 10.2. The lowest BCUT2D eigenvalue weighted by atomic mass is 10.5. The van der Waals surface area contributed by atoms with Crippen molar-refractivity contribution in [3.63, 3.8) is 0 Å². The third-order valence-corrected chi connectivity index (χ3v) is 4.19. The lowest BCUT2D eigenvalue weighted by Crippen LogP contribution is -2.04. The van der Waals surface area contributed by atoms with Crippen molar-refractivity contribution < 1.29 is 0 Å². The van der Waals surface area contributed by atoms with Gasteiger partial charge in [0.05, 0.1) is 15.8 Å². The first-order valence-corrected chi connectivity index (χ1v) is 8.01. The van der Waals surface area contributed by atoms with Crippen LogP contribution in [0.25, 0.3) is 5.65 Å². The van der Waals surface area contributed by atoms with Gasteiger partial charge in [0.1, 0.15) is 0 Å². The van der Waals surface area contributed by atoms with Crippen LogP contribution in [0.3, 0.4) is 0 Å². The molecule has 0 saturated heterocycles. The average molecular weight is 344 g/mol. The summed E-state index contributed by atoms with van der Waals surface area (Å²) < 4.78 is 3.56. The lowest BCUT2D eigenvalue weighted by molar-refractivity contribution is 0.564. The predicted molar refractivity (Wildman–Crippen MR) is 80.7 cm³/mol. The number of thioether (sulfide) groups is 1. The summed E-state index contributed by atoms with van der Waals surface area (Å²) in [5.74, 6) is 1.39. The fourth-order valence-corrected chi connectivity index (χ4v) is 3.19. The van der Waals surface area contributed by atoms with Gasteiger partial charge < -0.3 is 0 Å². The molecule has 10 heteroatoms. The van der Waals surface area contributed by atoms with E-state index in [-0.39, 0.29) is 0 Å².